The molecule has 0 N–H and O–H groups in total. The van der Waals surface area contributed by atoms with Gasteiger partial charge in [0.1, 0.15) is 11.5 Å². The Labute approximate surface area is 103 Å². The van der Waals surface area contributed by atoms with Crippen molar-refractivity contribution in [2.75, 3.05) is 7.11 Å². The molecule has 0 saturated heterocycles. The fraction of sp³-hybridized carbons (Fsp3) is 0.333. The lowest BCUT2D eigenvalue weighted by molar-refractivity contribution is -0.139. The first-order chi connectivity index (χ1) is 7.47. The molecule has 0 atom stereocenters. The van der Waals surface area contributed by atoms with Gasteiger partial charge in [-0.15, -0.1) is 0 Å². The Morgan fingerprint density at radius 3 is 2.75 bits per heavy atom. The third kappa shape index (κ3) is 2.83. The number of aromatic nitrogens is 1. The van der Waals surface area contributed by atoms with Gasteiger partial charge in [-0.25, -0.2) is 13.2 Å². The molecule has 3 nitrogen and oxygen atoms in total. The molecule has 1 aromatic heterocycles. The summed E-state index contributed by atoms with van der Waals surface area (Å²) in [7, 11) is 1.16. The number of ether oxygens (including phenoxy) is 1. The number of rotatable bonds is 3. The van der Waals surface area contributed by atoms with Crippen LogP contribution in [0.3, 0.4) is 0 Å². The lowest BCUT2D eigenvalue weighted by Crippen LogP contribution is -2.09. The summed E-state index contributed by atoms with van der Waals surface area (Å²) in [5, 5.41) is 0. The summed E-state index contributed by atoms with van der Waals surface area (Å²) in [6, 6.07) is 0. The van der Waals surface area contributed by atoms with Gasteiger partial charge in [-0.1, -0.05) is 0 Å². The van der Waals surface area contributed by atoms with Gasteiger partial charge in [0.15, 0.2) is 0 Å². The first-order valence-corrected chi connectivity index (χ1v) is 5.23. The number of alkyl halides is 2. The quantitative estimate of drug-likeness (QED) is 0.624. The van der Waals surface area contributed by atoms with Crippen LogP contribution in [0.1, 0.15) is 17.7 Å². The number of hydrogen-bond donors (Lipinski definition) is 0. The van der Waals surface area contributed by atoms with Gasteiger partial charge >= 0.3 is 5.97 Å². The standard InChI is InChI=1S/C9H7F3INO2/c1-16-5(15)2-4-3-14-8(9(11)12)7(13)6(4)10/h3,9H,2H2,1H3. The van der Waals surface area contributed by atoms with Crippen LogP contribution >= 0.6 is 22.6 Å². The molecule has 88 valence electrons. The maximum atomic E-state index is 13.5. The molecular formula is C9H7F3INO2. The van der Waals surface area contributed by atoms with E-state index >= 15 is 0 Å². The van der Waals surface area contributed by atoms with E-state index in [1.165, 1.54) is 22.6 Å². The average molecular weight is 345 g/mol. The molecule has 0 saturated carbocycles. The Morgan fingerprint density at radius 2 is 2.25 bits per heavy atom. The Kier molecular flexibility index (Phi) is 4.51. The SMILES string of the molecule is COC(=O)Cc1cnc(C(F)F)c(I)c1F. The molecular weight excluding hydrogens is 338 g/mol. The van der Waals surface area contributed by atoms with E-state index in [4.69, 9.17) is 0 Å². The molecule has 16 heavy (non-hydrogen) atoms. The molecule has 0 aliphatic rings. The van der Waals surface area contributed by atoms with Crippen molar-refractivity contribution in [3.8, 4) is 0 Å². The fourth-order valence-electron chi connectivity index (χ4n) is 1.02. The minimum absolute atomic E-state index is 0.0550. The fourth-order valence-corrected chi connectivity index (χ4v) is 1.74. The van der Waals surface area contributed by atoms with Gasteiger partial charge in [0.05, 0.1) is 17.1 Å². The van der Waals surface area contributed by atoms with Crippen molar-refractivity contribution in [1.82, 2.24) is 4.98 Å². The van der Waals surface area contributed by atoms with E-state index in [0.717, 1.165) is 13.3 Å². The lowest BCUT2D eigenvalue weighted by Gasteiger charge is -2.07. The Morgan fingerprint density at radius 1 is 1.62 bits per heavy atom. The number of methoxy groups -OCH3 is 1. The third-order valence-corrected chi connectivity index (χ3v) is 2.85. The van der Waals surface area contributed by atoms with Gasteiger partial charge in [0.2, 0.25) is 0 Å². The van der Waals surface area contributed by atoms with Crippen LogP contribution in [0.4, 0.5) is 13.2 Å². The minimum atomic E-state index is -2.84. The molecule has 0 spiro atoms. The maximum absolute atomic E-state index is 13.5. The summed E-state index contributed by atoms with van der Waals surface area (Å²) in [6.45, 7) is 0. The van der Waals surface area contributed by atoms with Crippen LogP contribution in [0.5, 0.6) is 0 Å². The number of hydrogen-bond acceptors (Lipinski definition) is 3. The van der Waals surface area contributed by atoms with Crippen LogP contribution in [0.2, 0.25) is 0 Å². The van der Waals surface area contributed by atoms with E-state index < -0.39 is 23.9 Å². The van der Waals surface area contributed by atoms with Gasteiger partial charge in [0.25, 0.3) is 6.43 Å². The van der Waals surface area contributed by atoms with Crippen molar-refractivity contribution in [1.29, 1.82) is 0 Å². The number of halogens is 4. The highest BCUT2D eigenvalue weighted by atomic mass is 127. The molecule has 1 rings (SSSR count). The second kappa shape index (κ2) is 5.46. The van der Waals surface area contributed by atoms with Crippen LogP contribution in [-0.4, -0.2) is 18.1 Å². The van der Waals surface area contributed by atoms with E-state index in [2.05, 4.69) is 9.72 Å². The predicted molar refractivity (Wildman–Crippen MR) is 57.6 cm³/mol. The molecule has 0 fully saturated rings. The molecule has 1 heterocycles. The highest BCUT2D eigenvalue weighted by molar-refractivity contribution is 14.1. The summed E-state index contributed by atoms with van der Waals surface area (Å²) >= 11 is 1.43. The van der Waals surface area contributed by atoms with Crippen molar-refractivity contribution >= 4 is 28.6 Å². The van der Waals surface area contributed by atoms with Gasteiger partial charge < -0.3 is 4.74 Å². The second-order valence-corrected chi connectivity index (χ2v) is 3.93. The van der Waals surface area contributed by atoms with Gasteiger partial charge in [-0.2, -0.15) is 0 Å². The first kappa shape index (κ1) is 13.2. The van der Waals surface area contributed by atoms with Crippen LogP contribution < -0.4 is 0 Å². The third-order valence-electron chi connectivity index (χ3n) is 1.83. The predicted octanol–water partition coefficient (Wildman–Crippen LogP) is 2.48. The minimum Gasteiger partial charge on any atom is -0.469 e. The van der Waals surface area contributed by atoms with Gasteiger partial charge in [0, 0.05) is 11.8 Å². The van der Waals surface area contributed by atoms with Crippen LogP contribution in [0.15, 0.2) is 6.20 Å². The molecule has 7 heteroatoms. The van der Waals surface area contributed by atoms with E-state index in [9.17, 15) is 18.0 Å². The van der Waals surface area contributed by atoms with Crippen molar-refractivity contribution in [3.63, 3.8) is 0 Å². The Bertz CT molecular complexity index is 412. The number of nitrogens with zero attached hydrogens (tertiary/aromatic N) is 1. The average Bonchev–Trinajstić information content (AvgIpc) is 2.24. The van der Waals surface area contributed by atoms with E-state index in [-0.39, 0.29) is 15.6 Å². The zero-order chi connectivity index (χ0) is 12.3. The molecule has 0 radical (unpaired) electrons. The highest BCUT2D eigenvalue weighted by Gasteiger charge is 2.20. The molecule has 0 amide bonds. The van der Waals surface area contributed by atoms with Crippen molar-refractivity contribution < 1.29 is 22.7 Å². The largest absolute Gasteiger partial charge is 0.469 e. The number of carbonyl (C=O) groups excluding carboxylic acids is 1. The highest BCUT2D eigenvalue weighted by Crippen LogP contribution is 2.26. The smallest absolute Gasteiger partial charge is 0.310 e. The number of pyridine rings is 1. The summed E-state index contributed by atoms with van der Waals surface area (Å²) < 4.78 is 42.3. The Balaban J connectivity index is 3.07. The van der Waals surface area contributed by atoms with E-state index in [0.29, 0.717) is 0 Å². The first-order valence-electron chi connectivity index (χ1n) is 4.15. The number of carbonyl (C=O) groups is 1. The van der Waals surface area contributed by atoms with Crippen molar-refractivity contribution in [2.45, 2.75) is 12.8 Å². The summed E-state index contributed by atoms with van der Waals surface area (Å²) in [5.74, 6) is -1.50. The summed E-state index contributed by atoms with van der Waals surface area (Å²) in [6.07, 6.45) is -2.24. The molecule has 0 aliphatic carbocycles. The monoisotopic (exact) mass is 345 g/mol. The Hall–Kier alpha value is -0.860. The topological polar surface area (TPSA) is 39.2 Å². The number of esters is 1. The van der Waals surface area contributed by atoms with Crippen molar-refractivity contribution in [3.05, 3.63) is 26.8 Å². The maximum Gasteiger partial charge on any atom is 0.310 e. The van der Waals surface area contributed by atoms with Crippen LogP contribution in [0.25, 0.3) is 0 Å². The second-order valence-electron chi connectivity index (χ2n) is 2.85. The van der Waals surface area contributed by atoms with Crippen molar-refractivity contribution in [2.24, 2.45) is 0 Å². The molecule has 0 aromatic carbocycles. The van der Waals surface area contributed by atoms with E-state index in [1.807, 2.05) is 0 Å². The molecule has 0 aliphatic heterocycles. The lowest BCUT2D eigenvalue weighted by atomic mass is 10.2. The van der Waals surface area contributed by atoms with Crippen LogP contribution in [0, 0.1) is 9.39 Å². The normalized spacial score (nSPS) is 10.6. The molecule has 1 aromatic rings. The zero-order valence-corrected chi connectivity index (χ0v) is 10.3. The summed E-state index contributed by atoms with van der Waals surface area (Å²) in [4.78, 5) is 14.3. The molecule has 0 unspecified atom stereocenters. The molecule has 0 bridgehead atoms. The van der Waals surface area contributed by atoms with Crippen LogP contribution in [-0.2, 0) is 16.0 Å². The van der Waals surface area contributed by atoms with Gasteiger partial charge in [-0.05, 0) is 22.6 Å². The zero-order valence-electron chi connectivity index (χ0n) is 8.14. The van der Waals surface area contributed by atoms with Gasteiger partial charge in [-0.3, -0.25) is 9.78 Å². The van der Waals surface area contributed by atoms with E-state index in [1.54, 1.807) is 0 Å². The summed E-state index contributed by atoms with van der Waals surface area (Å²) in [5.41, 5.74) is -0.674.